The van der Waals surface area contributed by atoms with Crippen LogP contribution in [0.3, 0.4) is 0 Å². The summed E-state index contributed by atoms with van der Waals surface area (Å²) in [6, 6.07) is 11.2. The summed E-state index contributed by atoms with van der Waals surface area (Å²) >= 11 is -0.0404. The molecule has 0 atom stereocenters. The number of hydrogen-bond acceptors (Lipinski definition) is 5. The van der Waals surface area contributed by atoms with E-state index in [1.165, 1.54) is 6.20 Å². The number of amides is 2. The minimum absolute atomic E-state index is 0.0404. The number of aromatic nitrogens is 2. The fraction of sp³-hybridized carbons (Fsp3) is 0.200. The zero-order chi connectivity index (χ0) is 23.5. The van der Waals surface area contributed by atoms with Gasteiger partial charge in [-0.3, -0.25) is 14.4 Å². The third-order valence-corrected chi connectivity index (χ3v) is 5.51. The molecule has 0 aliphatic rings. The summed E-state index contributed by atoms with van der Waals surface area (Å²) in [5, 5.41) is 10.1. The molecular weight excluding hydrogens is 441 g/mol. The summed E-state index contributed by atoms with van der Waals surface area (Å²) in [7, 11) is 1.72. The van der Waals surface area contributed by atoms with Crippen molar-refractivity contribution in [3.63, 3.8) is 0 Å². The molecule has 166 valence electrons. The number of benzene rings is 2. The molecule has 8 nitrogen and oxygen atoms in total. The first kappa shape index (κ1) is 23.3. The number of carbonyl (C=O) groups is 3. The number of carboxylic acid groups (broad SMARTS) is 1. The Morgan fingerprint density at radius 1 is 1.12 bits per heavy atom. The molecule has 0 fully saturated rings. The molecule has 32 heavy (non-hydrogen) atoms. The Morgan fingerprint density at radius 3 is 2.50 bits per heavy atom. The molecule has 3 rings (SSSR count). The number of aryl methyl sites for hydroxylation is 1. The molecule has 0 unspecified atom stereocenters. The van der Waals surface area contributed by atoms with Crippen LogP contribution in [-0.4, -0.2) is 58.6 Å². The number of imidazole rings is 1. The first-order valence-electron chi connectivity index (χ1n) is 9.47. The average molecular weight is 460 g/mol. The van der Waals surface area contributed by atoms with E-state index < -0.39 is 36.1 Å². The average Bonchev–Trinajstić information content (AvgIpc) is 3.10. The summed E-state index contributed by atoms with van der Waals surface area (Å²) in [6.45, 7) is 0.493. The van der Waals surface area contributed by atoms with Gasteiger partial charge in [-0.05, 0) is 41.3 Å². The Balaban J connectivity index is 1.82. The number of fused-ring (bicyclic) bond motifs is 1. The lowest BCUT2D eigenvalue weighted by Crippen LogP contribution is -2.44. The van der Waals surface area contributed by atoms with Gasteiger partial charge in [0, 0.05) is 11.6 Å². The van der Waals surface area contributed by atoms with Crippen LogP contribution in [0.25, 0.3) is 16.5 Å². The minimum Gasteiger partial charge on any atom is -0.480 e. The summed E-state index contributed by atoms with van der Waals surface area (Å²) in [5.41, 5.74) is 2.28. The molecule has 12 heteroatoms. The molecule has 1 heterocycles. The molecule has 0 bridgehead atoms. The van der Waals surface area contributed by atoms with Gasteiger partial charge in [-0.1, -0.05) is 30.3 Å². The molecule has 2 aromatic carbocycles. The Morgan fingerprint density at radius 2 is 1.81 bits per heavy atom. The van der Waals surface area contributed by atoms with Gasteiger partial charge in [0.1, 0.15) is 6.54 Å². The van der Waals surface area contributed by atoms with Gasteiger partial charge in [-0.15, -0.1) is 0 Å². The van der Waals surface area contributed by atoms with E-state index in [4.69, 9.17) is 5.11 Å². The largest absolute Gasteiger partial charge is 0.480 e. The van der Waals surface area contributed by atoms with E-state index >= 15 is 0 Å². The first-order chi connectivity index (χ1) is 15.1. The maximum atomic E-state index is 14.6. The molecule has 0 saturated carbocycles. The van der Waals surface area contributed by atoms with Gasteiger partial charge < -0.3 is 20.3 Å². The lowest BCUT2D eigenvalue weighted by atomic mass is 10.0. The number of carbonyl (C=O) groups excluding carboxylic acids is 2. The van der Waals surface area contributed by atoms with E-state index in [-0.39, 0.29) is 16.9 Å². The van der Waals surface area contributed by atoms with E-state index in [2.05, 4.69) is 4.98 Å². The number of halogens is 2. The van der Waals surface area contributed by atoms with Crippen molar-refractivity contribution in [2.24, 2.45) is 0 Å². The van der Waals surface area contributed by atoms with Crippen LogP contribution in [0, 0.1) is 6.92 Å². The van der Waals surface area contributed by atoms with Gasteiger partial charge in [0.15, 0.2) is 13.0 Å². The van der Waals surface area contributed by atoms with Crippen molar-refractivity contribution >= 4 is 53.8 Å². The highest BCUT2D eigenvalue weighted by Gasteiger charge is 2.42. The zero-order valence-corrected chi connectivity index (χ0v) is 18.0. The fourth-order valence-corrected chi connectivity index (χ4v) is 3.90. The molecule has 3 N–H and O–H groups in total. The van der Waals surface area contributed by atoms with E-state index in [1.807, 2.05) is 47.9 Å². The molecule has 0 aliphatic heterocycles. The van der Waals surface area contributed by atoms with Crippen LogP contribution in [0.1, 0.15) is 5.56 Å². The topological polar surface area (TPSA) is 113 Å². The van der Waals surface area contributed by atoms with Crippen LogP contribution in [0.2, 0.25) is 0 Å². The van der Waals surface area contributed by atoms with Gasteiger partial charge in [-0.25, -0.2) is 4.98 Å². The molecular formula is C20H19BF2N4O4S. The van der Waals surface area contributed by atoms with Gasteiger partial charge in [0.2, 0.25) is 5.91 Å². The van der Waals surface area contributed by atoms with Crippen LogP contribution in [0.5, 0.6) is 0 Å². The molecule has 0 aliphatic carbocycles. The molecule has 1 aromatic heterocycles. The number of nitrogens with zero attached hydrogens (tertiary/aromatic N) is 2. The normalized spacial score (nSPS) is 11.3. The minimum atomic E-state index is -3.93. The highest BCUT2D eigenvalue weighted by atomic mass is 32.2. The van der Waals surface area contributed by atoms with Crippen molar-refractivity contribution in [2.45, 2.75) is 17.3 Å². The summed E-state index contributed by atoms with van der Waals surface area (Å²) < 4.78 is 30.8. The van der Waals surface area contributed by atoms with Crippen molar-refractivity contribution in [1.29, 1.82) is 0 Å². The van der Waals surface area contributed by atoms with Crippen LogP contribution in [-0.2, 0) is 14.4 Å². The molecule has 0 saturated heterocycles. The predicted molar refractivity (Wildman–Crippen MR) is 118 cm³/mol. The third-order valence-electron chi connectivity index (χ3n) is 4.60. The first-order valence-corrected chi connectivity index (χ1v) is 10.3. The van der Waals surface area contributed by atoms with Gasteiger partial charge in [-0.2, -0.15) is 8.78 Å². The summed E-state index contributed by atoms with van der Waals surface area (Å²) in [6.07, 6.45) is 1.43. The number of aliphatic carboxylic acids is 1. The van der Waals surface area contributed by atoms with Crippen LogP contribution in [0.4, 0.5) is 8.78 Å². The second-order valence-corrected chi connectivity index (χ2v) is 8.02. The number of thioether (sulfide) groups is 1. The van der Waals surface area contributed by atoms with Crippen molar-refractivity contribution in [1.82, 2.24) is 20.2 Å². The number of alkyl halides is 2. The van der Waals surface area contributed by atoms with Crippen LogP contribution < -0.4 is 16.2 Å². The van der Waals surface area contributed by atoms with Crippen LogP contribution >= 0.6 is 11.8 Å². The molecule has 0 spiro atoms. The van der Waals surface area contributed by atoms with Gasteiger partial charge in [0.05, 0.1) is 12.2 Å². The van der Waals surface area contributed by atoms with E-state index in [9.17, 15) is 23.2 Å². The second-order valence-electron chi connectivity index (χ2n) is 6.94. The van der Waals surface area contributed by atoms with Crippen LogP contribution in [0.15, 0.2) is 47.8 Å². The Bertz CT molecular complexity index is 1200. The zero-order valence-electron chi connectivity index (χ0n) is 17.2. The Kier molecular flexibility index (Phi) is 6.82. The van der Waals surface area contributed by atoms with Crippen molar-refractivity contribution in [3.8, 4) is 5.69 Å². The quantitative estimate of drug-likeness (QED) is 0.335. The van der Waals surface area contributed by atoms with E-state index in [1.54, 1.807) is 18.5 Å². The molecule has 2 amide bonds. The maximum Gasteiger partial charge on any atom is 0.377 e. The fourth-order valence-electron chi connectivity index (χ4n) is 3.07. The monoisotopic (exact) mass is 460 g/mol. The van der Waals surface area contributed by atoms with E-state index in [0.717, 1.165) is 16.3 Å². The van der Waals surface area contributed by atoms with Crippen molar-refractivity contribution in [2.75, 3.05) is 13.1 Å². The maximum absolute atomic E-state index is 14.6. The number of hydrogen-bond donors (Lipinski definition) is 3. The second kappa shape index (κ2) is 9.39. The summed E-state index contributed by atoms with van der Waals surface area (Å²) in [4.78, 5) is 38.0. The molecule has 3 aromatic rings. The SMILES string of the molecule is Bc1cnc(SC(F)(F)C(=O)NCC(=O)NCC(=O)O)n1-c1ccc(C)c2ccccc12. The standard InChI is InChI=1S/C20H19BF2N4O4S/c1-11-6-7-14(13-5-3-2-4-12(11)13)27-15(21)8-26-19(27)32-20(22,23)18(31)25-9-16(28)24-10-17(29)30/h2-8H,9-10,21H2,1H3,(H,24,28)(H,25,31)(H,29,30). The van der Waals surface area contributed by atoms with E-state index in [0.29, 0.717) is 11.3 Å². The Labute approximate surface area is 186 Å². The predicted octanol–water partition coefficient (Wildman–Crippen LogP) is 0.594. The third kappa shape index (κ3) is 5.07. The van der Waals surface area contributed by atoms with Crippen molar-refractivity contribution in [3.05, 3.63) is 48.2 Å². The highest BCUT2D eigenvalue weighted by Crippen LogP contribution is 2.37. The van der Waals surface area contributed by atoms with Crippen molar-refractivity contribution < 1.29 is 28.3 Å². The summed E-state index contributed by atoms with van der Waals surface area (Å²) in [5.74, 6) is -3.88. The lowest BCUT2D eigenvalue weighted by Gasteiger charge is -2.18. The van der Waals surface area contributed by atoms with Gasteiger partial charge >= 0.3 is 17.1 Å². The van der Waals surface area contributed by atoms with Gasteiger partial charge in [0.25, 0.3) is 0 Å². The molecule has 0 radical (unpaired) electrons. The number of rotatable bonds is 8. The lowest BCUT2D eigenvalue weighted by molar-refractivity contribution is -0.138. The highest BCUT2D eigenvalue weighted by molar-refractivity contribution is 8.00. The smallest absolute Gasteiger partial charge is 0.377 e. The number of nitrogens with one attached hydrogen (secondary N) is 2. The number of carboxylic acids is 1. The Hall–Kier alpha value is -3.41.